The van der Waals surface area contributed by atoms with E-state index in [0.29, 0.717) is 19.6 Å². The van der Waals surface area contributed by atoms with Crippen LogP contribution in [-0.4, -0.2) is 35.4 Å². The quantitative estimate of drug-likeness (QED) is 0.902. The maximum Gasteiger partial charge on any atom is 0.433 e. The number of pyridine rings is 1. The van der Waals surface area contributed by atoms with Crippen molar-refractivity contribution >= 4 is 18.3 Å². The highest BCUT2D eigenvalue weighted by Crippen LogP contribution is 2.31. The molecule has 0 radical (unpaired) electrons. The Morgan fingerprint density at radius 2 is 2.09 bits per heavy atom. The number of aryl methyl sites for hydroxylation is 1. The van der Waals surface area contributed by atoms with E-state index in [1.165, 1.54) is 13.0 Å². The molecule has 2 N–H and O–H groups in total. The van der Waals surface area contributed by atoms with Crippen LogP contribution in [0.2, 0.25) is 0 Å². The van der Waals surface area contributed by atoms with Crippen molar-refractivity contribution in [2.24, 2.45) is 11.1 Å². The van der Waals surface area contributed by atoms with Crippen molar-refractivity contribution < 1.29 is 18.0 Å². The second-order valence-electron chi connectivity index (χ2n) is 5.82. The van der Waals surface area contributed by atoms with Gasteiger partial charge in [-0.15, -0.1) is 12.4 Å². The van der Waals surface area contributed by atoms with Gasteiger partial charge in [0.15, 0.2) is 0 Å². The molecule has 1 fully saturated rings. The number of halogens is 4. The van der Waals surface area contributed by atoms with Crippen molar-refractivity contribution in [2.75, 3.05) is 19.6 Å². The molecule has 124 valence electrons. The molecule has 8 heteroatoms. The monoisotopic (exact) mass is 337 g/mol. The first-order valence-electron chi connectivity index (χ1n) is 6.70. The van der Waals surface area contributed by atoms with Gasteiger partial charge in [-0.3, -0.25) is 4.79 Å². The molecule has 0 aromatic carbocycles. The summed E-state index contributed by atoms with van der Waals surface area (Å²) >= 11 is 0. The molecule has 0 saturated carbocycles. The number of likely N-dealkylation sites (tertiary alicyclic amines) is 1. The summed E-state index contributed by atoms with van der Waals surface area (Å²) in [5.74, 6) is -0.286. The van der Waals surface area contributed by atoms with Gasteiger partial charge in [0, 0.05) is 13.1 Å². The fraction of sp³-hybridized carbons (Fsp3) is 0.571. The second-order valence-corrected chi connectivity index (χ2v) is 5.82. The number of carbonyl (C=O) groups is 1. The van der Waals surface area contributed by atoms with Crippen LogP contribution in [0.4, 0.5) is 13.2 Å². The molecule has 1 aliphatic rings. The van der Waals surface area contributed by atoms with Crippen molar-refractivity contribution in [2.45, 2.75) is 26.4 Å². The molecule has 1 aromatic rings. The largest absolute Gasteiger partial charge is 0.433 e. The Morgan fingerprint density at radius 3 is 2.55 bits per heavy atom. The first-order chi connectivity index (χ1) is 9.66. The minimum absolute atomic E-state index is 0. The van der Waals surface area contributed by atoms with Gasteiger partial charge in [0.2, 0.25) is 0 Å². The summed E-state index contributed by atoms with van der Waals surface area (Å²) in [5, 5.41) is 0. The van der Waals surface area contributed by atoms with Crippen molar-refractivity contribution in [1.29, 1.82) is 0 Å². The molecule has 1 amide bonds. The van der Waals surface area contributed by atoms with Crippen molar-refractivity contribution in [1.82, 2.24) is 9.88 Å². The van der Waals surface area contributed by atoms with E-state index in [4.69, 9.17) is 5.73 Å². The standard InChI is InChI=1S/C14H18F3N3O.ClH/c1-9-10(3-4-11(19-9)14(15,16)17)12(21)20-6-5-13(2,7-18)8-20;/h3-4H,5-8,18H2,1-2H3;1H. The summed E-state index contributed by atoms with van der Waals surface area (Å²) in [6.45, 7) is 4.97. The summed E-state index contributed by atoms with van der Waals surface area (Å²) in [5.41, 5.74) is 4.89. The van der Waals surface area contributed by atoms with Gasteiger partial charge >= 0.3 is 6.18 Å². The molecule has 2 rings (SSSR count). The number of nitrogens with two attached hydrogens (primary N) is 1. The van der Waals surface area contributed by atoms with Crippen LogP contribution >= 0.6 is 12.4 Å². The lowest BCUT2D eigenvalue weighted by Crippen LogP contribution is -2.35. The van der Waals surface area contributed by atoms with Gasteiger partial charge in [0.1, 0.15) is 5.69 Å². The van der Waals surface area contributed by atoms with Crippen LogP contribution in [0.1, 0.15) is 35.1 Å². The van der Waals surface area contributed by atoms with Crippen LogP contribution in [0.3, 0.4) is 0 Å². The molecule has 0 spiro atoms. The number of rotatable bonds is 2. The Bertz CT molecular complexity index is 565. The number of amides is 1. The van der Waals surface area contributed by atoms with Crippen molar-refractivity contribution in [3.8, 4) is 0 Å². The zero-order valence-electron chi connectivity index (χ0n) is 12.4. The zero-order chi connectivity index (χ0) is 15.8. The minimum atomic E-state index is -4.50. The van der Waals surface area contributed by atoms with E-state index in [2.05, 4.69) is 4.98 Å². The summed E-state index contributed by atoms with van der Waals surface area (Å²) in [6, 6.07) is 2.05. The normalized spacial score (nSPS) is 21.6. The molecule has 22 heavy (non-hydrogen) atoms. The Morgan fingerprint density at radius 1 is 1.45 bits per heavy atom. The zero-order valence-corrected chi connectivity index (χ0v) is 13.2. The van der Waals surface area contributed by atoms with E-state index in [9.17, 15) is 18.0 Å². The van der Waals surface area contributed by atoms with Crippen LogP contribution in [0.15, 0.2) is 12.1 Å². The SMILES string of the molecule is Cc1nc(C(F)(F)F)ccc1C(=O)N1CCC(C)(CN)C1.Cl. The van der Waals surface area contributed by atoms with Gasteiger partial charge in [-0.25, -0.2) is 4.98 Å². The van der Waals surface area contributed by atoms with Gasteiger partial charge in [-0.05, 0) is 37.4 Å². The van der Waals surface area contributed by atoms with Gasteiger partial charge in [0.25, 0.3) is 5.91 Å². The molecule has 1 aliphatic heterocycles. The van der Waals surface area contributed by atoms with Crippen molar-refractivity contribution in [3.63, 3.8) is 0 Å². The lowest BCUT2D eigenvalue weighted by atomic mass is 9.90. The molecule has 0 bridgehead atoms. The van der Waals surface area contributed by atoms with E-state index in [1.807, 2.05) is 6.92 Å². The Hall–Kier alpha value is -1.34. The molecule has 0 aliphatic carbocycles. The third kappa shape index (κ3) is 3.70. The molecule has 1 aromatic heterocycles. The third-order valence-electron chi connectivity index (χ3n) is 3.94. The number of hydrogen-bond donors (Lipinski definition) is 1. The summed E-state index contributed by atoms with van der Waals surface area (Å²) in [4.78, 5) is 17.5. The Labute approximate surface area is 133 Å². The van der Waals surface area contributed by atoms with E-state index < -0.39 is 11.9 Å². The van der Waals surface area contributed by atoms with E-state index in [0.717, 1.165) is 12.5 Å². The maximum absolute atomic E-state index is 12.6. The average Bonchev–Trinajstić information content (AvgIpc) is 2.80. The van der Waals surface area contributed by atoms with Crippen LogP contribution in [-0.2, 0) is 6.18 Å². The van der Waals surface area contributed by atoms with Gasteiger partial charge in [-0.1, -0.05) is 6.92 Å². The molecule has 1 atom stereocenters. The number of hydrogen-bond acceptors (Lipinski definition) is 3. The molecule has 4 nitrogen and oxygen atoms in total. The van der Waals surface area contributed by atoms with E-state index >= 15 is 0 Å². The van der Waals surface area contributed by atoms with Gasteiger partial charge < -0.3 is 10.6 Å². The molecule has 1 unspecified atom stereocenters. The topological polar surface area (TPSA) is 59.2 Å². The smallest absolute Gasteiger partial charge is 0.338 e. The Kier molecular flexibility index (Phi) is 5.46. The summed E-state index contributed by atoms with van der Waals surface area (Å²) in [6.07, 6.45) is -3.71. The van der Waals surface area contributed by atoms with Crippen LogP contribution in [0.5, 0.6) is 0 Å². The predicted molar refractivity (Wildman–Crippen MR) is 78.9 cm³/mol. The Balaban J connectivity index is 0.00000242. The number of alkyl halides is 3. The minimum Gasteiger partial charge on any atom is -0.338 e. The third-order valence-corrected chi connectivity index (χ3v) is 3.94. The molecular formula is C14H19ClF3N3O. The van der Waals surface area contributed by atoms with E-state index in [-0.39, 0.29) is 35.0 Å². The molecule has 1 saturated heterocycles. The van der Waals surface area contributed by atoms with Crippen LogP contribution < -0.4 is 5.73 Å². The average molecular weight is 338 g/mol. The highest BCUT2D eigenvalue weighted by atomic mass is 35.5. The van der Waals surface area contributed by atoms with Crippen LogP contribution in [0, 0.1) is 12.3 Å². The first kappa shape index (κ1) is 18.7. The number of carbonyl (C=O) groups excluding carboxylic acids is 1. The highest BCUT2D eigenvalue weighted by Gasteiger charge is 2.37. The number of aromatic nitrogens is 1. The maximum atomic E-state index is 12.6. The fourth-order valence-corrected chi connectivity index (χ4v) is 2.48. The lowest BCUT2D eigenvalue weighted by molar-refractivity contribution is -0.141. The van der Waals surface area contributed by atoms with Gasteiger partial charge in [0.05, 0.1) is 11.3 Å². The predicted octanol–water partition coefficient (Wildman–Crippen LogP) is 2.64. The highest BCUT2D eigenvalue weighted by molar-refractivity contribution is 5.95. The van der Waals surface area contributed by atoms with Crippen molar-refractivity contribution in [3.05, 3.63) is 29.1 Å². The van der Waals surface area contributed by atoms with E-state index in [1.54, 1.807) is 4.90 Å². The fourth-order valence-electron chi connectivity index (χ4n) is 2.48. The first-order valence-corrected chi connectivity index (χ1v) is 6.70. The summed E-state index contributed by atoms with van der Waals surface area (Å²) < 4.78 is 37.7. The second kappa shape index (κ2) is 6.42. The van der Waals surface area contributed by atoms with Gasteiger partial charge in [-0.2, -0.15) is 13.2 Å². The lowest BCUT2D eigenvalue weighted by Gasteiger charge is -2.23. The summed E-state index contributed by atoms with van der Waals surface area (Å²) in [7, 11) is 0. The number of nitrogens with zero attached hydrogens (tertiary/aromatic N) is 2. The van der Waals surface area contributed by atoms with Crippen LogP contribution in [0.25, 0.3) is 0 Å². The molecular weight excluding hydrogens is 319 g/mol. The molecule has 2 heterocycles.